The summed E-state index contributed by atoms with van der Waals surface area (Å²) in [6, 6.07) is 11.5. The van der Waals surface area contributed by atoms with Crippen LogP contribution in [0.3, 0.4) is 0 Å². The number of ether oxygens (including phenoxy) is 1. The molecule has 3 rings (SSSR count). The summed E-state index contributed by atoms with van der Waals surface area (Å²) in [6.45, 7) is 0.828. The summed E-state index contributed by atoms with van der Waals surface area (Å²) in [6.07, 6.45) is 1.80. The van der Waals surface area contributed by atoms with E-state index in [4.69, 9.17) is 9.15 Å². The number of urea groups is 1. The Morgan fingerprint density at radius 2 is 1.93 bits per heavy atom. The van der Waals surface area contributed by atoms with E-state index < -0.39 is 42.5 Å². The Morgan fingerprint density at radius 1 is 1.17 bits per heavy atom. The van der Waals surface area contributed by atoms with Gasteiger partial charge in [-0.05, 0) is 24.1 Å². The van der Waals surface area contributed by atoms with Gasteiger partial charge in [0.05, 0.1) is 12.8 Å². The Balaban J connectivity index is 1.55. The molecule has 0 aliphatic carbocycles. The number of nitrogens with zero attached hydrogens (tertiary/aromatic N) is 1. The molecule has 0 bridgehead atoms. The number of hydrogen-bond donors (Lipinski definition) is 2. The second kappa shape index (κ2) is 8.59. The molecule has 152 valence electrons. The summed E-state index contributed by atoms with van der Waals surface area (Å²) in [5.74, 6) is -1.36. The predicted molar refractivity (Wildman–Crippen MR) is 100 cm³/mol. The van der Waals surface area contributed by atoms with Crippen LogP contribution in [-0.4, -0.2) is 41.9 Å². The zero-order valence-electron chi connectivity index (χ0n) is 15.8. The number of furan rings is 1. The number of esters is 1. The van der Waals surface area contributed by atoms with Crippen molar-refractivity contribution in [2.75, 3.05) is 13.2 Å². The van der Waals surface area contributed by atoms with Gasteiger partial charge >= 0.3 is 12.0 Å². The second-order valence-electron chi connectivity index (χ2n) is 6.46. The third-order valence-electron chi connectivity index (χ3n) is 4.66. The van der Waals surface area contributed by atoms with E-state index in [0.29, 0.717) is 17.7 Å². The van der Waals surface area contributed by atoms with Gasteiger partial charge < -0.3 is 19.8 Å². The molecule has 2 N–H and O–H groups in total. The molecule has 0 unspecified atom stereocenters. The maximum Gasteiger partial charge on any atom is 0.326 e. The van der Waals surface area contributed by atoms with E-state index in [1.54, 1.807) is 49.4 Å². The average Bonchev–Trinajstić information content (AvgIpc) is 3.34. The van der Waals surface area contributed by atoms with Crippen LogP contribution in [0.2, 0.25) is 0 Å². The van der Waals surface area contributed by atoms with Gasteiger partial charge in [-0.1, -0.05) is 37.3 Å². The molecule has 0 saturated carbocycles. The van der Waals surface area contributed by atoms with Crippen LogP contribution in [0.25, 0.3) is 0 Å². The highest BCUT2D eigenvalue weighted by molar-refractivity contribution is 6.09. The Kier molecular flexibility index (Phi) is 5.96. The minimum atomic E-state index is -1.22. The smallest absolute Gasteiger partial charge is 0.326 e. The van der Waals surface area contributed by atoms with E-state index in [9.17, 15) is 19.2 Å². The molecule has 1 aliphatic heterocycles. The molecule has 1 aromatic carbocycles. The highest BCUT2D eigenvalue weighted by Gasteiger charge is 2.51. The maximum absolute atomic E-state index is 12.9. The summed E-state index contributed by atoms with van der Waals surface area (Å²) >= 11 is 0. The molecule has 1 aliphatic rings. The monoisotopic (exact) mass is 399 g/mol. The first-order valence-corrected chi connectivity index (χ1v) is 9.10. The lowest BCUT2D eigenvalue weighted by Gasteiger charge is -2.25. The number of rotatable bonds is 8. The topological polar surface area (TPSA) is 118 Å². The Labute approximate surface area is 167 Å². The van der Waals surface area contributed by atoms with Gasteiger partial charge in [-0.15, -0.1) is 0 Å². The van der Waals surface area contributed by atoms with Gasteiger partial charge in [0.1, 0.15) is 17.8 Å². The SMILES string of the molecule is CC[C@]1(c2ccccc2)NC(=O)N(CC(=O)OCC(=O)NCc2ccco2)C1=O. The molecule has 9 nitrogen and oxygen atoms in total. The van der Waals surface area contributed by atoms with E-state index in [1.165, 1.54) is 6.26 Å². The van der Waals surface area contributed by atoms with Crippen molar-refractivity contribution in [3.63, 3.8) is 0 Å². The van der Waals surface area contributed by atoms with Crippen LogP contribution in [0, 0.1) is 0 Å². The van der Waals surface area contributed by atoms with E-state index in [0.717, 1.165) is 4.90 Å². The number of hydrogen-bond acceptors (Lipinski definition) is 6. The van der Waals surface area contributed by atoms with Crippen molar-refractivity contribution in [3.05, 3.63) is 60.1 Å². The molecule has 1 aromatic heterocycles. The van der Waals surface area contributed by atoms with Crippen LogP contribution in [0.15, 0.2) is 53.1 Å². The lowest BCUT2D eigenvalue weighted by atomic mass is 9.87. The molecule has 1 fully saturated rings. The fourth-order valence-electron chi connectivity index (χ4n) is 3.10. The van der Waals surface area contributed by atoms with Gasteiger partial charge in [-0.3, -0.25) is 19.3 Å². The first-order chi connectivity index (χ1) is 14.0. The standard InChI is InChI=1S/C20H21N3O6/c1-2-20(14-7-4-3-5-8-14)18(26)23(19(27)22-20)12-17(25)29-13-16(24)21-11-15-9-6-10-28-15/h3-10H,2,11-13H2,1H3,(H,21,24)(H,22,27)/t20-/m1/s1. The van der Waals surface area contributed by atoms with Crippen LogP contribution in [0.5, 0.6) is 0 Å². The van der Waals surface area contributed by atoms with E-state index in [-0.39, 0.29) is 6.54 Å². The molecule has 2 heterocycles. The number of amides is 4. The highest BCUT2D eigenvalue weighted by Crippen LogP contribution is 2.32. The molecular weight excluding hydrogens is 378 g/mol. The van der Waals surface area contributed by atoms with Crippen molar-refractivity contribution in [2.45, 2.75) is 25.4 Å². The Morgan fingerprint density at radius 3 is 2.59 bits per heavy atom. The lowest BCUT2D eigenvalue weighted by Crippen LogP contribution is -2.44. The summed E-state index contributed by atoms with van der Waals surface area (Å²) in [5.41, 5.74) is -0.590. The van der Waals surface area contributed by atoms with Gasteiger partial charge in [0.2, 0.25) is 0 Å². The molecule has 9 heteroatoms. The van der Waals surface area contributed by atoms with Crippen LogP contribution < -0.4 is 10.6 Å². The third-order valence-corrected chi connectivity index (χ3v) is 4.66. The number of carbonyl (C=O) groups is 4. The summed E-state index contributed by atoms with van der Waals surface area (Å²) in [5, 5.41) is 5.20. The Bertz CT molecular complexity index is 896. The van der Waals surface area contributed by atoms with Gasteiger partial charge in [0.25, 0.3) is 11.8 Å². The van der Waals surface area contributed by atoms with Gasteiger partial charge in [-0.2, -0.15) is 0 Å². The van der Waals surface area contributed by atoms with Crippen LogP contribution in [0.1, 0.15) is 24.7 Å². The van der Waals surface area contributed by atoms with Crippen molar-refractivity contribution in [1.29, 1.82) is 0 Å². The van der Waals surface area contributed by atoms with Gasteiger partial charge in [0, 0.05) is 0 Å². The second-order valence-corrected chi connectivity index (χ2v) is 6.46. The number of carbonyl (C=O) groups excluding carboxylic acids is 4. The van der Waals surface area contributed by atoms with Crippen LogP contribution in [0.4, 0.5) is 4.79 Å². The third kappa shape index (κ3) is 4.29. The molecule has 29 heavy (non-hydrogen) atoms. The van der Waals surface area contributed by atoms with Crippen molar-refractivity contribution in [2.24, 2.45) is 0 Å². The number of benzene rings is 1. The molecular formula is C20H21N3O6. The van der Waals surface area contributed by atoms with Gasteiger partial charge in [0.15, 0.2) is 6.61 Å². The van der Waals surface area contributed by atoms with Gasteiger partial charge in [-0.25, -0.2) is 4.79 Å². The summed E-state index contributed by atoms with van der Waals surface area (Å²) in [7, 11) is 0. The molecule has 1 saturated heterocycles. The number of imide groups is 1. The van der Waals surface area contributed by atoms with Crippen molar-refractivity contribution in [1.82, 2.24) is 15.5 Å². The highest BCUT2D eigenvalue weighted by atomic mass is 16.5. The van der Waals surface area contributed by atoms with Crippen molar-refractivity contribution < 1.29 is 28.3 Å². The van der Waals surface area contributed by atoms with E-state index in [1.807, 2.05) is 0 Å². The zero-order valence-corrected chi connectivity index (χ0v) is 15.8. The minimum Gasteiger partial charge on any atom is -0.467 e. The maximum atomic E-state index is 12.9. The fraction of sp³-hybridized carbons (Fsp3) is 0.300. The largest absolute Gasteiger partial charge is 0.467 e. The molecule has 4 amide bonds. The average molecular weight is 399 g/mol. The molecule has 1 atom stereocenters. The first kappa shape index (κ1) is 20.1. The normalized spacial score (nSPS) is 18.4. The zero-order chi connectivity index (χ0) is 20.9. The lowest BCUT2D eigenvalue weighted by molar-refractivity contribution is -0.151. The van der Waals surface area contributed by atoms with E-state index >= 15 is 0 Å². The summed E-state index contributed by atoms with van der Waals surface area (Å²) in [4.78, 5) is 49.9. The molecule has 0 radical (unpaired) electrons. The van der Waals surface area contributed by atoms with Crippen molar-refractivity contribution in [3.8, 4) is 0 Å². The summed E-state index contributed by atoms with van der Waals surface area (Å²) < 4.78 is 9.96. The first-order valence-electron chi connectivity index (χ1n) is 9.10. The Hall–Kier alpha value is -3.62. The van der Waals surface area contributed by atoms with Crippen molar-refractivity contribution >= 4 is 23.8 Å². The van der Waals surface area contributed by atoms with Crippen LogP contribution >= 0.6 is 0 Å². The van der Waals surface area contributed by atoms with Crippen LogP contribution in [-0.2, 0) is 31.2 Å². The predicted octanol–water partition coefficient (Wildman–Crippen LogP) is 1.30. The molecule has 2 aromatic rings. The molecule has 0 spiro atoms. The fourth-order valence-corrected chi connectivity index (χ4v) is 3.10. The van der Waals surface area contributed by atoms with E-state index in [2.05, 4.69) is 10.6 Å². The number of nitrogens with one attached hydrogen (secondary N) is 2. The minimum absolute atomic E-state index is 0.159. The quantitative estimate of drug-likeness (QED) is 0.510.